The van der Waals surface area contributed by atoms with Crippen molar-refractivity contribution in [3.8, 4) is 22.9 Å². The second kappa shape index (κ2) is 4.36. The molecule has 0 saturated heterocycles. The first kappa shape index (κ1) is 10.6. The average Bonchev–Trinajstić information content (AvgIpc) is 2.97. The predicted octanol–water partition coefficient (Wildman–Crippen LogP) is 2.06. The summed E-state index contributed by atoms with van der Waals surface area (Å²) in [5, 5.41) is 6.72. The van der Waals surface area contributed by atoms with Gasteiger partial charge in [-0.15, -0.1) is 17.8 Å². The Morgan fingerprint density at radius 1 is 1.47 bits per heavy atom. The zero-order valence-corrected chi connectivity index (χ0v) is 10.3. The van der Waals surface area contributed by atoms with Crippen molar-refractivity contribution in [1.82, 2.24) is 14.7 Å². The molecule has 0 N–H and O–H groups in total. The van der Waals surface area contributed by atoms with Crippen molar-refractivity contribution >= 4 is 11.3 Å². The molecular formula is C13H13N3S. The van der Waals surface area contributed by atoms with Crippen LogP contribution in [0.15, 0.2) is 23.6 Å². The predicted molar refractivity (Wildman–Crippen MR) is 69.7 cm³/mol. The molecule has 0 atom stereocenters. The van der Waals surface area contributed by atoms with Crippen molar-refractivity contribution < 1.29 is 0 Å². The Kier molecular flexibility index (Phi) is 2.71. The van der Waals surface area contributed by atoms with E-state index < -0.39 is 0 Å². The molecule has 2 aromatic rings. The van der Waals surface area contributed by atoms with Gasteiger partial charge in [0, 0.05) is 13.1 Å². The third-order valence-electron chi connectivity index (χ3n) is 2.97. The van der Waals surface area contributed by atoms with Gasteiger partial charge in [0.15, 0.2) is 0 Å². The molecule has 0 radical (unpaired) electrons. The van der Waals surface area contributed by atoms with Gasteiger partial charge in [0.2, 0.25) is 0 Å². The summed E-state index contributed by atoms with van der Waals surface area (Å²) in [6, 6.07) is 6.34. The summed E-state index contributed by atoms with van der Waals surface area (Å²) in [6.45, 7) is 3.55. The molecule has 0 aliphatic carbocycles. The molecule has 0 spiro atoms. The van der Waals surface area contributed by atoms with Gasteiger partial charge in [-0.2, -0.15) is 5.10 Å². The quantitative estimate of drug-likeness (QED) is 0.753. The second-order valence-electron chi connectivity index (χ2n) is 4.14. The Morgan fingerprint density at radius 2 is 2.41 bits per heavy atom. The van der Waals surface area contributed by atoms with Gasteiger partial charge in [0.05, 0.1) is 23.7 Å². The molecule has 0 bridgehead atoms. The third-order valence-corrected chi connectivity index (χ3v) is 3.86. The number of nitrogens with zero attached hydrogens (tertiary/aromatic N) is 3. The van der Waals surface area contributed by atoms with Gasteiger partial charge in [-0.25, -0.2) is 0 Å². The highest BCUT2D eigenvalue weighted by molar-refractivity contribution is 7.13. The lowest BCUT2D eigenvalue weighted by Gasteiger charge is -2.25. The van der Waals surface area contributed by atoms with E-state index in [1.165, 1.54) is 10.6 Å². The van der Waals surface area contributed by atoms with Gasteiger partial charge in [-0.3, -0.25) is 9.58 Å². The maximum Gasteiger partial charge on any atom is 0.103 e. The van der Waals surface area contributed by atoms with E-state index in [0.29, 0.717) is 0 Å². The smallest absolute Gasteiger partial charge is 0.103 e. The van der Waals surface area contributed by atoms with Crippen LogP contribution in [0.1, 0.15) is 5.69 Å². The molecule has 1 aliphatic rings. The SMILES string of the molecule is C#CCN1CCn2nc(-c3cccs3)cc2C1. The Morgan fingerprint density at radius 3 is 3.18 bits per heavy atom. The molecule has 86 valence electrons. The summed E-state index contributed by atoms with van der Waals surface area (Å²) in [5.41, 5.74) is 2.34. The highest BCUT2D eigenvalue weighted by Crippen LogP contribution is 2.25. The molecule has 2 aromatic heterocycles. The zero-order valence-electron chi connectivity index (χ0n) is 9.47. The van der Waals surface area contributed by atoms with Crippen LogP contribution < -0.4 is 0 Å². The van der Waals surface area contributed by atoms with E-state index in [1.54, 1.807) is 11.3 Å². The first-order valence-electron chi connectivity index (χ1n) is 5.63. The first-order chi connectivity index (χ1) is 8.36. The lowest BCUT2D eigenvalue weighted by molar-refractivity contribution is 0.238. The molecule has 17 heavy (non-hydrogen) atoms. The number of rotatable bonds is 2. The lowest BCUT2D eigenvalue weighted by atomic mass is 10.2. The van der Waals surface area contributed by atoms with Crippen molar-refractivity contribution in [3.05, 3.63) is 29.3 Å². The van der Waals surface area contributed by atoms with E-state index in [4.69, 9.17) is 6.42 Å². The van der Waals surface area contributed by atoms with Crippen LogP contribution in [0.3, 0.4) is 0 Å². The van der Waals surface area contributed by atoms with Gasteiger partial charge in [0.1, 0.15) is 5.69 Å². The summed E-state index contributed by atoms with van der Waals surface area (Å²) < 4.78 is 2.10. The van der Waals surface area contributed by atoms with Crippen LogP contribution in [-0.2, 0) is 13.1 Å². The minimum absolute atomic E-state index is 0.722. The number of fused-ring (bicyclic) bond motifs is 1. The van der Waals surface area contributed by atoms with Crippen molar-refractivity contribution in [2.45, 2.75) is 13.1 Å². The molecule has 0 amide bonds. The van der Waals surface area contributed by atoms with Crippen LogP contribution in [-0.4, -0.2) is 27.8 Å². The van der Waals surface area contributed by atoms with Gasteiger partial charge in [0.25, 0.3) is 0 Å². The van der Waals surface area contributed by atoms with Gasteiger partial charge in [-0.05, 0) is 17.5 Å². The summed E-state index contributed by atoms with van der Waals surface area (Å²) in [5.74, 6) is 2.70. The summed E-state index contributed by atoms with van der Waals surface area (Å²) in [4.78, 5) is 3.50. The molecule has 0 fully saturated rings. The fourth-order valence-electron chi connectivity index (χ4n) is 2.13. The fourth-order valence-corrected chi connectivity index (χ4v) is 2.81. The minimum atomic E-state index is 0.722. The molecular weight excluding hydrogens is 230 g/mol. The van der Waals surface area contributed by atoms with Crippen molar-refractivity contribution in [1.29, 1.82) is 0 Å². The highest BCUT2D eigenvalue weighted by atomic mass is 32.1. The summed E-state index contributed by atoms with van der Waals surface area (Å²) >= 11 is 1.73. The van der Waals surface area contributed by atoms with Crippen LogP contribution >= 0.6 is 11.3 Å². The number of hydrogen-bond acceptors (Lipinski definition) is 3. The standard InChI is InChI=1S/C13H13N3S/c1-2-5-15-6-7-16-11(10-15)9-12(14-16)13-4-3-8-17-13/h1,3-4,8-9H,5-7,10H2. The van der Waals surface area contributed by atoms with Gasteiger partial charge < -0.3 is 0 Å². The molecule has 0 saturated carbocycles. The number of aromatic nitrogens is 2. The normalized spacial score (nSPS) is 15.5. The largest absolute Gasteiger partial charge is 0.285 e. The zero-order chi connectivity index (χ0) is 11.7. The maximum absolute atomic E-state index is 5.35. The van der Waals surface area contributed by atoms with E-state index in [2.05, 4.69) is 44.2 Å². The van der Waals surface area contributed by atoms with Crippen LogP contribution in [0.4, 0.5) is 0 Å². The maximum atomic E-state index is 5.35. The Balaban J connectivity index is 1.87. The highest BCUT2D eigenvalue weighted by Gasteiger charge is 2.18. The number of terminal acetylenes is 1. The number of thiophene rings is 1. The molecule has 3 heterocycles. The molecule has 0 unspecified atom stereocenters. The van der Waals surface area contributed by atoms with Crippen LogP contribution in [0.25, 0.3) is 10.6 Å². The van der Waals surface area contributed by atoms with E-state index in [1.807, 2.05) is 0 Å². The third kappa shape index (κ3) is 1.99. The van der Waals surface area contributed by atoms with Crippen molar-refractivity contribution in [2.24, 2.45) is 0 Å². The Hall–Kier alpha value is -1.57. The molecule has 1 aliphatic heterocycles. The molecule has 3 rings (SSSR count). The lowest BCUT2D eigenvalue weighted by Crippen LogP contribution is -2.33. The second-order valence-corrected chi connectivity index (χ2v) is 5.08. The van der Waals surface area contributed by atoms with E-state index in [0.717, 1.165) is 31.9 Å². The van der Waals surface area contributed by atoms with Gasteiger partial charge in [-0.1, -0.05) is 12.0 Å². The van der Waals surface area contributed by atoms with Crippen LogP contribution in [0, 0.1) is 12.3 Å². The fraction of sp³-hybridized carbons (Fsp3) is 0.308. The Bertz CT molecular complexity index is 548. The van der Waals surface area contributed by atoms with Crippen molar-refractivity contribution in [2.75, 3.05) is 13.1 Å². The van der Waals surface area contributed by atoms with E-state index in [-0.39, 0.29) is 0 Å². The minimum Gasteiger partial charge on any atom is -0.285 e. The molecule has 3 nitrogen and oxygen atoms in total. The van der Waals surface area contributed by atoms with Crippen LogP contribution in [0.2, 0.25) is 0 Å². The Labute approximate surface area is 105 Å². The first-order valence-corrected chi connectivity index (χ1v) is 6.51. The topological polar surface area (TPSA) is 21.1 Å². The summed E-state index contributed by atoms with van der Waals surface area (Å²) in [7, 11) is 0. The molecule has 0 aromatic carbocycles. The average molecular weight is 243 g/mol. The number of hydrogen-bond donors (Lipinski definition) is 0. The van der Waals surface area contributed by atoms with E-state index in [9.17, 15) is 0 Å². The van der Waals surface area contributed by atoms with Crippen LogP contribution in [0.5, 0.6) is 0 Å². The molecule has 4 heteroatoms. The summed E-state index contributed by atoms with van der Waals surface area (Å²) in [6.07, 6.45) is 5.35. The van der Waals surface area contributed by atoms with E-state index >= 15 is 0 Å². The monoisotopic (exact) mass is 243 g/mol. The van der Waals surface area contributed by atoms with Gasteiger partial charge >= 0.3 is 0 Å². The van der Waals surface area contributed by atoms with Crippen molar-refractivity contribution in [3.63, 3.8) is 0 Å².